The normalized spacial score (nSPS) is 11.5. The molecule has 0 spiro atoms. The zero-order chi connectivity index (χ0) is 19.1. The highest BCUT2D eigenvalue weighted by atomic mass is 15.4. The lowest BCUT2D eigenvalue weighted by Crippen LogP contribution is -2.02. The fourth-order valence-electron chi connectivity index (χ4n) is 3.25. The Morgan fingerprint density at radius 2 is 1.89 bits per heavy atom. The third-order valence-corrected chi connectivity index (χ3v) is 4.71. The first-order chi connectivity index (χ1) is 13.7. The molecular weight excluding hydrogens is 352 g/mol. The number of rotatable bonds is 4. The van der Waals surface area contributed by atoms with Crippen molar-refractivity contribution in [1.29, 1.82) is 0 Å². The minimum absolute atomic E-state index is 0.512. The van der Waals surface area contributed by atoms with Crippen molar-refractivity contribution in [3.05, 3.63) is 66.1 Å². The summed E-state index contributed by atoms with van der Waals surface area (Å²) in [7, 11) is 0. The van der Waals surface area contributed by atoms with Crippen LogP contribution in [0.1, 0.15) is 24.0 Å². The van der Waals surface area contributed by atoms with Crippen molar-refractivity contribution in [3.8, 4) is 11.1 Å². The maximum absolute atomic E-state index is 4.60. The highest BCUT2D eigenvalue weighted by molar-refractivity contribution is 5.84. The summed E-state index contributed by atoms with van der Waals surface area (Å²) in [6, 6.07) is 8.38. The van der Waals surface area contributed by atoms with E-state index in [0.29, 0.717) is 12.2 Å². The SMILES string of the molecule is CCn1cc(-c2cnc3ccc(Cc4nnc5ncc(C)nn45)cc3c2)cn1. The quantitative estimate of drug-likeness (QED) is 0.483. The Hall–Kier alpha value is -3.68. The number of benzene rings is 1. The fraction of sp³-hybridized carbons (Fsp3) is 0.200. The molecule has 0 bridgehead atoms. The molecular formula is C20H18N8. The van der Waals surface area contributed by atoms with Crippen LogP contribution in [0.3, 0.4) is 0 Å². The van der Waals surface area contributed by atoms with Gasteiger partial charge >= 0.3 is 0 Å². The van der Waals surface area contributed by atoms with Crippen molar-refractivity contribution in [2.75, 3.05) is 0 Å². The van der Waals surface area contributed by atoms with Gasteiger partial charge in [0.05, 0.1) is 23.6 Å². The monoisotopic (exact) mass is 370 g/mol. The smallest absolute Gasteiger partial charge is 0.271 e. The van der Waals surface area contributed by atoms with Crippen LogP contribution >= 0.6 is 0 Å². The van der Waals surface area contributed by atoms with E-state index in [1.807, 2.05) is 36.3 Å². The lowest BCUT2D eigenvalue weighted by Gasteiger charge is -2.05. The largest absolute Gasteiger partial charge is 0.272 e. The average Bonchev–Trinajstić information content (AvgIpc) is 3.35. The average molecular weight is 370 g/mol. The Kier molecular flexibility index (Phi) is 3.82. The number of nitrogens with zero attached hydrogens (tertiary/aromatic N) is 8. The van der Waals surface area contributed by atoms with Gasteiger partial charge in [-0.2, -0.15) is 14.7 Å². The van der Waals surface area contributed by atoms with E-state index in [0.717, 1.165) is 45.7 Å². The van der Waals surface area contributed by atoms with Crippen LogP contribution in [0.5, 0.6) is 0 Å². The van der Waals surface area contributed by atoms with E-state index >= 15 is 0 Å². The summed E-state index contributed by atoms with van der Waals surface area (Å²) in [6.07, 6.45) is 8.11. The summed E-state index contributed by atoms with van der Waals surface area (Å²) in [5, 5.41) is 18.2. The number of pyridine rings is 1. The summed E-state index contributed by atoms with van der Waals surface area (Å²) in [4.78, 5) is 8.86. The first-order valence-electron chi connectivity index (χ1n) is 9.15. The van der Waals surface area contributed by atoms with Crippen molar-refractivity contribution in [2.45, 2.75) is 26.8 Å². The van der Waals surface area contributed by atoms with E-state index in [1.165, 1.54) is 0 Å². The zero-order valence-corrected chi connectivity index (χ0v) is 15.6. The van der Waals surface area contributed by atoms with Crippen LogP contribution in [0.15, 0.2) is 49.1 Å². The van der Waals surface area contributed by atoms with Crippen molar-refractivity contribution in [3.63, 3.8) is 0 Å². The Morgan fingerprint density at radius 3 is 2.75 bits per heavy atom. The molecule has 0 N–H and O–H groups in total. The van der Waals surface area contributed by atoms with Gasteiger partial charge in [0.25, 0.3) is 5.78 Å². The van der Waals surface area contributed by atoms with Crippen LogP contribution in [0.25, 0.3) is 27.8 Å². The summed E-state index contributed by atoms with van der Waals surface area (Å²) >= 11 is 0. The molecule has 0 fully saturated rings. The first kappa shape index (κ1) is 16.5. The molecule has 5 rings (SSSR count). The van der Waals surface area contributed by atoms with E-state index in [9.17, 15) is 0 Å². The van der Waals surface area contributed by atoms with E-state index in [-0.39, 0.29) is 0 Å². The van der Waals surface area contributed by atoms with Gasteiger partial charge < -0.3 is 0 Å². The van der Waals surface area contributed by atoms with E-state index in [2.05, 4.69) is 55.5 Å². The lowest BCUT2D eigenvalue weighted by molar-refractivity contribution is 0.660. The van der Waals surface area contributed by atoms with Gasteiger partial charge in [-0.25, -0.2) is 4.98 Å². The van der Waals surface area contributed by atoms with Crippen LogP contribution in [0.2, 0.25) is 0 Å². The zero-order valence-electron chi connectivity index (χ0n) is 15.6. The molecule has 0 atom stereocenters. The summed E-state index contributed by atoms with van der Waals surface area (Å²) < 4.78 is 3.61. The highest BCUT2D eigenvalue weighted by Crippen LogP contribution is 2.24. The topological polar surface area (TPSA) is 86.7 Å². The Labute approximate surface area is 160 Å². The van der Waals surface area contributed by atoms with Gasteiger partial charge in [-0.1, -0.05) is 6.07 Å². The predicted molar refractivity (Wildman–Crippen MR) is 105 cm³/mol. The molecule has 0 saturated heterocycles. The molecule has 4 heterocycles. The van der Waals surface area contributed by atoms with E-state index < -0.39 is 0 Å². The minimum atomic E-state index is 0.512. The maximum atomic E-state index is 4.60. The van der Waals surface area contributed by atoms with Crippen LogP contribution in [0, 0.1) is 6.92 Å². The van der Waals surface area contributed by atoms with Crippen molar-refractivity contribution >= 4 is 16.7 Å². The molecule has 138 valence electrons. The molecule has 0 aliphatic heterocycles. The van der Waals surface area contributed by atoms with Gasteiger partial charge in [-0.15, -0.1) is 10.2 Å². The van der Waals surface area contributed by atoms with Gasteiger partial charge in [0.1, 0.15) is 0 Å². The number of hydrogen-bond donors (Lipinski definition) is 0. The van der Waals surface area contributed by atoms with Crippen molar-refractivity contribution < 1.29 is 0 Å². The van der Waals surface area contributed by atoms with Gasteiger partial charge in [0, 0.05) is 41.9 Å². The second-order valence-electron chi connectivity index (χ2n) is 6.74. The summed E-state index contributed by atoms with van der Waals surface area (Å²) in [5.74, 6) is 1.28. The van der Waals surface area contributed by atoms with Crippen molar-refractivity contribution in [1.82, 2.24) is 39.6 Å². The molecule has 5 aromatic rings. The van der Waals surface area contributed by atoms with E-state index in [1.54, 1.807) is 10.7 Å². The van der Waals surface area contributed by atoms with E-state index in [4.69, 9.17) is 0 Å². The van der Waals surface area contributed by atoms with Gasteiger partial charge in [0.15, 0.2) is 5.82 Å². The third-order valence-electron chi connectivity index (χ3n) is 4.71. The molecule has 28 heavy (non-hydrogen) atoms. The Morgan fingerprint density at radius 1 is 0.964 bits per heavy atom. The number of aromatic nitrogens is 8. The maximum Gasteiger partial charge on any atom is 0.271 e. The van der Waals surface area contributed by atoms with Crippen LogP contribution in [-0.2, 0) is 13.0 Å². The molecule has 1 aromatic carbocycles. The second kappa shape index (κ2) is 6.49. The number of fused-ring (bicyclic) bond motifs is 2. The second-order valence-corrected chi connectivity index (χ2v) is 6.74. The van der Waals surface area contributed by atoms with Crippen LogP contribution in [0.4, 0.5) is 0 Å². The summed E-state index contributed by atoms with van der Waals surface area (Å²) in [5.41, 5.74) is 5.02. The van der Waals surface area contributed by atoms with Gasteiger partial charge in [-0.05, 0) is 37.6 Å². The molecule has 0 aliphatic carbocycles. The van der Waals surface area contributed by atoms with Crippen molar-refractivity contribution in [2.24, 2.45) is 0 Å². The molecule has 0 saturated carbocycles. The lowest BCUT2D eigenvalue weighted by atomic mass is 10.0. The third kappa shape index (κ3) is 2.88. The van der Waals surface area contributed by atoms with Gasteiger partial charge in [0.2, 0.25) is 0 Å². The standard InChI is InChI=1S/C20H18N8/c1-3-27-12-17(11-23-27)16-8-15-6-14(4-5-18(15)21-10-16)7-19-24-25-20-22-9-13(2)26-28(19)20/h4-6,8-12H,3,7H2,1-2H3. The molecule has 0 radical (unpaired) electrons. The molecule has 8 nitrogen and oxygen atoms in total. The molecule has 0 aliphatic rings. The minimum Gasteiger partial charge on any atom is -0.272 e. The Balaban J connectivity index is 1.52. The first-order valence-corrected chi connectivity index (χ1v) is 9.15. The molecule has 4 aromatic heterocycles. The number of hydrogen-bond acceptors (Lipinski definition) is 6. The fourth-order valence-corrected chi connectivity index (χ4v) is 3.25. The molecule has 8 heteroatoms. The molecule has 0 amide bonds. The predicted octanol–water partition coefficient (Wildman–Crippen LogP) is 2.85. The molecule has 0 unspecified atom stereocenters. The highest BCUT2D eigenvalue weighted by Gasteiger charge is 2.10. The summed E-state index contributed by atoms with van der Waals surface area (Å²) in [6.45, 7) is 4.82. The van der Waals surface area contributed by atoms with Gasteiger partial charge in [-0.3, -0.25) is 9.67 Å². The van der Waals surface area contributed by atoms with Crippen LogP contribution < -0.4 is 0 Å². The number of aryl methyl sites for hydroxylation is 2. The Bertz CT molecular complexity index is 1300. The van der Waals surface area contributed by atoms with Crippen LogP contribution in [-0.4, -0.2) is 39.6 Å².